The number of amides is 1. The second kappa shape index (κ2) is 6.19. The molecule has 122 valence electrons. The zero-order valence-electron chi connectivity index (χ0n) is 13.4. The zero-order valence-corrected chi connectivity index (χ0v) is 13.4. The van der Waals surface area contributed by atoms with Gasteiger partial charge in [0.25, 0.3) is 0 Å². The molecule has 1 fully saturated rings. The summed E-state index contributed by atoms with van der Waals surface area (Å²) in [5, 5.41) is 3.18. The Bertz CT molecular complexity index is 711. The molecule has 0 spiro atoms. The Balaban J connectivity index is 0.00000113. The SMILES string of the molecule is O=C(Nc1ccc2c(c1)CC2)C(c1ccccc1)C1CCCC1.[HH].[HH]. The van der Waals surface area contributed by atoms with Gasteiger partial charge in [0, 0.05) is 8.54 Å². The number of carbonyl (C=O) groups is 1. The molecule has 1 unspecified atom stereocenters. The van der Waals surface area contributed by atoms with Crippen molar-refractivity contribution in [1.29, 1.82) is 0 Å². The van der Waals surface area contributed by atoms with Crippen molar-refractivity contribution >= 4 is 11.6 Å². The van der Waals surface area contributed by atoms with Crippen LogP contribution < -0.4 is 5.32 Å². The van der Waals surface area contributed by atoms with Crippen molar-refractivity contribution in [3.05, 3.63) is 65.2 Å². The van der Waals surface area contributed by atoms with Crippen LogP contribution in [-0.4, -0.2) is 5.91 Å². The fourth-order valence-corrected chi connectivity index (χ4v) is 4.08. The van der Waals surface area contributed by atoms with Gasteiger partial charge in [-0.1, -0.05) is 49.2 Å². The Labute approximate surface area is 140 Å². The average Bonchev–Trinajstić information content (AvgIpc) is 3.05. The maximum Gasteiger partial charge on any atom is 0.232 e. The van der Waals surface area contributed by atoms with Crippen LogP contribution in [0.25, 0.3) is 0 Å². The summed E-state index contributed by atoms with van der Waals surface area (Å²) in [5.41, 5.74) is 4.92. The van der Waals surface area contributed by atoms with Gasteiger partial charge in [-0.05, 0) is 60.4 Å². The van der Waals surface area contributed by atoms with E-state index in [1.807, 2.05) is 24.3 Å². The zero-order chi connectivity index (χ0) is 15.6. The molecule has 2 aliphatic carbocycles. The maximum atomic E-state index is 13.0. The molecule has 2 aliphatic rings. The summed E-state index contributed by atoms with van der Waals surface area (Å²) in [6.45, 7) is 0. The summed E-state index contributed by atoms with van der Waals surface area (Å²) in [6, 6.07) is 16.6. The smallest absolute Gasteiger partial charge is 0.232 e. The van der Waals surface area contributed by atoms with Gasteiger partial charge < -0.3 is 5.32 Å². The minimum Gasteiger partial charge on any atom is -0.326 e. The van der Waals surface area contributed by atoms with Crippen LogP contribution in [0.1, 0.15) is 51.1 Å². The van der Waals surface area contributed by atoms with Crippen LogP contribution in [0.4, 0.5) is 5.69 Å². The molecule has 0 heterocycles. The molecule has 1 N–H and O–H groups in total. The number of hydrogen-bond acceptors (Lipinski definition) is 1. The van der Waals surface area contributed by atoms with E-state index in [-0.39, 0.29) is 14.7 Å². The Morgan fingerprint density at radius 3 is 2.39 bits per heavy atom. The third-order valence-electron chi connectivity index (χ3n) is 5.45. The molecule has 2 aromatic rings. The van der Waals surface area contributed by atoms with Crippen molar-refractivity contribution in [1.82, 2.24) is 0 Å². The molecule has 2 aromatic carbocycles. The van der Waals surface area contributed by atoms with Crippen molar-refractivity contribution in [3.63, 3.8) is 0 Å². The number of nitrogens with one attached hydrogen (secondary N) is 1. The number of anilines is 1. The first-order chi connectivity index (χ1) is 11.3. The van der Waals surface area contributed by atoms with Crippen molar-refractivity contribution in [2.24, 2.45) is 5.92 Å². The highest BCUT2D eigenvalue weighted by Gasteiger charge is 2.32. The van der Waals surface area contributed by atoms with Crippen LogP contribution in [0.2, 0.25) is 0 Å². The molecule has 2 nitrogen and oxygen atoms in total. The Morgan fingerprint density at radius 2 is 1.74 bits per heavy atom. The fraction of sp³-hybridized carbons (Fsp3) is 0.381. The van der Waals surface area contributed by atoms with E-state index >= 15 is 0 Å². The number of aryl methyl sites for hydroxylation is 2. The van der Waals surface area contributed by atoms with E-state index in [1.54, 1.807) is 0 Å². The highest BCUT2D eigenvalue weighted by atomic mass is 16.1. The minimum atomic E-state index is -0.0234. The lowest BCUT2D eigenvalue weighted by atomic mass is 9.84. The van der Waals surface area contributed by atoms with Gasteiger partial charge in [-0.25, -0.2) is 0 Å². The van der Waals surface area contributed by atoms with E-state index in [2.05, 4.69) is 29.6 Å². The predicted octanol–water partition coefficient (Wildman–Crippen LogP) is 5.19. The van der Waals surface area contributed by atoms with Crippen LogP contribution in [0.5, 0.6) is 0 Å². The van der Waals surface area contributed by atoms with Gasteiger partial charge in [0.1, 0.15) is 0 Å². The van der Waals surface area contributed by atoms with E-state index in [0.29, 0.717) is 5.92 Å². The quantitative estimate of drug-likeness (QED) is 0.827. The van der Waals surface area contributed by atoms with E-state index in [1.165, 1.54) is 30.4 Å². The van der Waals surface area contributed by atoms with E-state index in [0.717, 1.165) is 30.5 Å². The van der Waals surface area contributed by atoms with E-state index < -0.39 is 0 Å². The van der Waals surface area contributed by atoms with Crippen LogP contribution in [0, 0.1) is 5.92 Å². The molecule has 1 amide bonds. The molecule has 23 heavy (non-hydrogen) atoms. The van der Waals surface area contributed by atoms with Crippen molar-refractivity contribution in [2.45, 2.75) is 44.4 Å². The third-order valence-corrected chi connectivity index (χ3v) is 5.45. The average molecular weight is 309 g/mol. The molecule has 0 aromatic heterocycles. The van der Waals surface area contributed by atoms with Crippen LogP contribution >= 0.6 is 0 Å². The van der Waals surface area contributed by atoms with E-state index in [4.69, 9.17) is 0 Å². The van der Waals surface area contributed by atoms with Gasteiger partial charge >= 0.3 is 0 Å². The predicted molar refractivity (Wildman–Crippen MR) is 97.8 cm³/mol. The summed E-state index contributed by atoms with van der Waals surface area (Å²) in [4.78, 5) is 13.0. The molecule has 0 aliphatic heterocycles. The topological polar surface area (TPSA) is 29.1 Å². The molecule has 1 saturated carbocycles. The largest absolute Gasteiger partial charge is 0.326 e. The van der Waals surface area contributed by atoms with Crippen LogP contribution in [-0.2, 0) is 17.6 Å². The van der Waals surface area contributed by atoms with Crippen LogP contribution in [0.3, 0.4) is 0 Å². The molecular weight excluding hydrogens is 282 g/mol. The first-order valence-corrected chi connectivity index (χ1v) is 8.79. The fourth-order valence-electron chi connectivity index (χ4n) is 4.08. The van der Waals surface area contributed by atoms with E-state index in [9.17, 15) is 4.79 Å². The highest BCUT2D eigenvalue weighted by Crippen LogP contribution is 2.38. The molecule has 0 radical (unpaired) electrons. The van der Waals surface area contributed by atoms with Gasteiger partial charge in [0.15, 0.2) is 0 Å². The molecular formula is C21H27NO. The molecule has 0 saturated heterocycles. The van der Waals surface area contributed by atoms with Crippen LogP contribution in [0.15, 0.2) is 48.5 Å². The highest BCUT2D eigenvalue weighted by molar-refractivity contribution is 5.96. The first-order valence-electron chi connectivity index (χ1n) is 8.79. The summed E-state index contributed by atoms with van der Waals surface area (Å²) < 4.78 is 0. The van der Waals surface area contributed by atoms with Crippen molar-refractivity contribution in [2.75, 3.05) is 5.32 Å². The second-order valence-corrected chi connectivity index (χ2v) is 6.91. The Hall–Kier alpha value is -2.09. The number of rotatable bonds is 4. The number of fused-ring (bicyclic) bond motifs is 1. The Kier molecular flexibility index (Phi) is 3.90. The molecule has 2 heteroatoms. The standard InChI is InChI=1S/C21H23NO.2H2/c23-21(22-19-13-12-15-10-11-18(15)14-19)20(17-8-4-5-9-17)16-6-2-1-3-7-16;;/h1-3,6-7,12-14,17,20H,4-5,8-11H2,(H,22,23);2*1H. The van der Waals surface area contributed by atoms with Crippen molar-refractivity contribution in [3.8, 4) is 0 Å². The van der Waals surface area contributed by atoms with Gasteiger partial charge in [-0.2, -0.15) is 0 Å². The Morgan fingerprint density at radius 1 is 1.00 bits per heavy atom. The molecule has 4 rings (SSSR count). The van der Waals surface area contributed by atoms with Gasteiger partial charge in [-0.15, -0.1) is 0 Å². The van der Waals surface area contributed by atoms with Crippen molar-refractivity contribution < 1.29 is 7.65 Å². The van der Waals surface area contributed by atoms with Gasteiger partial charge in [0.2, 0.25) is 5.91 Å². The number of carbonyl (C=O) groups excluding carboxylic acids is 1. The minimum absolute atomic E-state index is 0. The second-order valence-electron chi connectivity index (χ2n) is 6.91. The molecule has 1 atom stereocenters. The summed E-state index contributed by atoms with van der Waals surface area (Å²) in [6.07, 6.45) is 7.15. The normalized spacial score (nSPS) is 18.1. The summed E-state index contributed by atoms with van der Waals surface area (Å²) in [7, 11) is 0. The molecule has 0 bridgehead atoms. The maximum absolute atomic E-state index is 13.0. The lowest BCUT2D eigenvalue weighted by Crippen LogP contribution is -2.26. The lowest BCUT2D eigenvalue weighted by molar-refractivity contribution is -0.118. The summed E-state index contributed by atoms with van der Waals surface area (Å²) in [5.74, 6) is 0.608. The monoisotopic (exact) mass is 309 g/mol. The third kappa shape index (κ3) is 2.90. The summed E-state index contributed by atoms with van der Waals surface area (Å²) >= 11 is 0. The number of benzene rings is 2. The van der Waals surface area contributed by atoms with Gasteiger partial charge in [0.05, 0.1) is 5.92 Å². The number of hydrogen-bond donors (Lipinski definition) is 1. The first kappa shape index (κ1) is 14.5. The lowest BCUT2D eigenvalue weighted by Gasteiger charge is -2.24. The van der Waals surface area contributed by atoms with Gasteiger partial charge in [-0.3, -0.25) is 4.79 Å².